The van der Waals surface area contributed by atoms with Gasteiger partial charge >= 0.3 is 0 Å². The van der Waals surface area contributed by atoms with Crippen LogP contribution in [0.5, 0.6) is 11.5 Å². The van der Waals surface area contributed by atoms with Gasteiger partial charge in [0.25, 0.3) is 0 Å². The summed E-state index contributed by atoms with van der Waals surface area (Å²) in [5.41, 5.74) is 2.46. The minimum atomic E-state index is -0.0222. The molecule has 0 saturated heterocycles. The van der Waals surface area contributed by atoms with Crippen LogP contribution in [0, 0.1) is 0 Å². The molecule has 2 aromatic carbocycles. The van der Waals surface area contributed by atoms with Gasteiger partial charge in [-0.3, -0.25) is 4.99 Å². The van der Waals surface area contributed by atoms with Crippen molar-refractivity contribution >= 4 is 6.21 Å². The van der Waals surface area contributed by atoms with Crippen LogP contribution in [0.3, 0.4) is 0 Å². The second-order valence-corrected chi connectivity index (χ2v) is 5.09. The van der Waals surface area contributed by atoms with Gasteiger partial charge in [-0.1, -0.05) is 43.3 Å². The molecule has 1 heterocycles. The fourth-order valence-corrected chi connectivity index (χ4v) is 2.27. The molecule has 1 unspecified atom stereocenters. The molecule has 0 spiro atoms. The molecule has 1 aliphatic heterocycles. The number of rotatable bonds is 4. The Bertz CT molecular complexity index is 619. The van der Waals surface area contributed by atoms with E-state index >= 15 is 0 Å². The smallest absolute Gasteiger partial charge is 0.161 e. The third kappa shape index (κ3) is 3.43. The second kappa shape index (κ2) is 6.44. The maximum atomic E-state index is 5.87. The van der Waals surface area contributed by atoms with Crippen molar-refractivity contribution in [2.24, 2.45) is 4.99 Å². The van der Waals surface area contributed by atoms with Crippen molar-refractivity contribution in [2.45, 2.75) is 19.4 Å². The molecule has 1 aliphatic rings. The lowest BCUT2D eigenvalue weighted by Crippen LogP contribution is -2.31. The van der Waals surface area contributed by atoms with E-state index in [-0.39, 0.29) is 6.10 Å². The van der Waals surface area contributed by atoms with E-state index in [9.17, 15) is 0 Å². The molecule has 0 fully saturated rings. The Hall–Kier alpha value is -2.29. The first-order valence-electron chi connectivity index (χ1n) is 7.32. The number of nitrogens with zero attached hydrogens (tertiary/aromatic N) is 1. The minimum absolute atomic E-state index is 0.0222. The van der Waals surface area contributed by atoms with E-state index in [4.69, 9.17) is 9.47 Å². The Balaban J connectivity index is 1.57. The summed E-state index contributed by atoms with van der Waals surface area (Å²) in [6.07, 6.45) is 2.93. The van der Waals surface area contributed by atoms with Gasteiger partial charge in [0, 0.05) is 6.21 Å². The van der Waals surface area contributed by atoms with Gasteiger partial charge in [0.2, 0.25) is 0 Å². The molecule has 1 atom stereocenters. The Kier molecular flexibility index (Phi) is 4.20. The zero-order valence-electron chi connectivity index (χ0n) is 12.2. The van der Waals surface area contributed by atoms with Crippen molar-refractivity contribution in [2.75, 3.05) is 13.2 Å². The SMILES string of the molecule is CCc1ccc(C=NCC2COc3ccccc3O2)cc1. The molecule has 0 aliphatic carbocycles. The molecule has 0 N–H and O–H groups in total. The van der Waals surface area contributed by atoms with Crippen LogP contribution < -0.4 is 9.47 Å². The van der Waals surface area contributed by atoms with E-state index in [1.54, 1.807) is 0 Å². The summed E-state index contributed by atoms with van der Waals surface area (Å²) in [4.78, 5) is 4.46. The van der Waals surface area contributed by atoms with Gasteiger partial charge in [-0.2, -0.15) is 0 Å². The quantitative estimate of drug-likeness (QED) is 0.803. The molecular formula is C18H19NO2. The van der Waals surface area contributed by atoms with Crippen LogP contribution in [-0.2, 0) is 6.42 Å². The maximum absolute atomic E-state index is 5.87. The molecule has 108 valence electrons. The fraction of sp³-hybridized carbons (Fsp3) is 0.278. The van der Waals surface area contributed by atoms with Crippen LogP contribution in [0.1, 0.15) is 18.1 Å². The van der Waals surface area contributed by atoms with Crippen molar-refractivity contribution in [3.05, 3.63) is 59.7 Å². The van der Waals surface area contributed by atoms with Crippen molar-refractivity contribution in [1.82, 2.24) is 0 Å². The predicted octanol–water partition coefficient (Wildman–Crippen LogP) is 3.51. The highest BCUT2D eigenvalue weighted by molar-refractivity contribution is 5.79. The standard InChI is InChI=1S/C18H19NO2/c1-2-14-7-9-15(10-8-14)11-19-12-16-13-20-17-5-3-4-6-18(17)21-16/h3-11,16H,2,12-13H2,1H3. The van der Waals surface area contributed by atoms with E-state index in [2.05, 4.69) is 36.2 Å². The van der Waals surface area contributed by atoms with Gasteiger partial charge in [-0.25, -0.2) is 0 Å². The molecule has 21 heavy (non-hydrogen) atoms. The summed E-state index contributed by atoms with van der Waals surface area (Å²) in [6, 6.07) is 16.2. The van der Waals surface area contributed by atoms with Crippen LogP contribution >= 0.6 is 0 Å². The van der Waals surface area contributed by atoms with E-state index in [0.717, 1.165) is 23.5 Å². The van der Waals surface area contributed by atoms with Crippen molar-refractivity contribution < 1.29 is 9.47 Å². The fourth-order valence-electron chi connectivity index (χ4n) is 2.27. The van der Waals surface area contributed by atoms with Gasteiger partial charge in [-0.05, 0) is 29.7 Å². The van der Waals surface area contributed by atoms with Gasteiger partial charge in [-0.15, -0.1) is 0 Å². The minimum Gasteiger partial charge on any atom is -0.486 e. The third-order valence-corrected chi connectivity index (χ3v) is 3.50. The first-order valence-corrected chi connectivity index (χ1v) is 7.32. The molecule has 3 nitrogen and oxygen atoms in total. The average Bonchev–Trinajstić information content (AvgIpc) is 2.55. The molecule has 0 bridgehead atoms. The second-order valence-electron chi connectivity index (χ2n) is 5.09. The third-order valence-electron chi connectivity index (χ3n) is 3.50. The molecule has 0 aromatic heterocycles. The predicted molar refractivity (Wildman–Crippen MR) is 84.6 cm³/mol. The zero-order chi connectivity index (χ0) is 14.5. The van der Waals surface area contributed by atoms with Crippen molar-refractivity contribution in [1.29, 1.82) is 0 Å². The van der Waals surface area contributed by atoms with Crippen molar-refractivity contribution in [3.8, 4) is 11.5 Å². The summed E-state index contributed by atoms with van der Waals surface area (Å²) in [7, 11) is 0. The summed E-state index contributed by atoms with van der Waals surface area (Å²) in [5, 5.41) is 0. The molecule has 0 amide bonds. The zero-order valence-corrected chi connectivity index (χ0v) is 12.2. The van der Waals surface area contributed by atoms with Crippen LogP contribution in [0.4, 0.5) is 0 Å². The van der Waals surface area contributed by atoms with Crippen LogP contribution in [-0.4, -0.2) is 25.5 Å². The number of ether oxygens (including phenoxy) is 2. The van der Waals surface area contributed by atoms with Crippen molar-refractivity contribution in [3.63, 3.8) is 0 Å². The monoisotopic (exact) mass is 281 g/mol. The van der Waals surface area contributed by atoms with Crippen LogP contribution in [0.15, 0.2) is 53.5 Å². The largest absolute Gasteiger partial charge is 0.486 e. The molecule has 0 radical (unpaired) electrons. The van der Waals surface area contributed by atoms with E-state index in [1.165, 1.54) is 5.56 Å². The number of aryl methyl sites for hydroxylation is 1. The highest BCUT2D eigenvalue weighted by atomic mass is 16.6. The number of fused-ring (bicyclic) bond motifs is 1. The van der Waals surface area contributed by atoms with Gasteiger partial charge in [0.05, 0.1) is 6.54 Å². The number of hydrogen-bond acceptors (Lipinski definition) is 3. The molecule has 2 aromatic rings. The summed E-state index contributed by atoms with van der Waals surface area (Å²) in [5.74, 6) is 1.61. The average molecular weight is 281 g/mol. The number of hydrogen-bond donors (Lipinski definition) is 0. The molecule has 3 rings (SSSR count). The summed E-state index contributed by atoms with van der Waals surface area (Å²) in [6.45, 7) is 3.30. The maximum Gasteiger partial charge on any atom is 0.161 e. The number of benzene rings is 2. The topological polar surface area (TPSA) is 30.8 Å². The highest BCUT2D eigenvalue weighted by Crippen LogP contribution is 2.30. The van der Waals surface area contributed by atoms with Gasteiger partial charge < -0.3 is 9.47 Å². The first kappa shape index (κ1) is 13.7. The van der Waals surface area contributed by atoms with Gasteiger partial charge in [0.1, 0.15) is 6.61 Å². The summed E-state index contributed by atoms with van der Waals surface area (Å²) < 4.78 is 11.5. The lowest BCUT2D eigenvalue weighted by molar-refractivity contribution is 0.0973. The Morgan fingerprint density at radius 3 is 2.62 bits per heavy atom. The van der Waals surface area contributed by atoms with E-state index in [1.807, 2.05) is 30.5 Å². The molecule has 3 heteroatoms. The Morgan fingerprint density at radius 2 is 1.86 bits per heavy atom. The number of para-hydroxylation sites is 2. The molecular weight excluding hydrogens is 262 g/mol. The number of aliphatic imine (C=N–C) groups is 1. The van der Waals surface area contributed by atoms with E-state index in [0.29, 0.717) is 13.2 Å². The highest BCUT2D eigenvalue weighted by Gasteiger charge is 2.19. The first-order chi connectivity index (χ1) is 10.3. The lowest BCUT2D eigenvalue weighted by Gasteiger charge is -2.25. The summed E-state index contributed by atoms with van der Waals surface area (Å²) >= 11 is 0. The normalized spacial score (nSPS) is 17.1. The van der Waals surface area contributed by atoms with E-state index < -0.39 is 0 Å². The lowest BCUT2D eigenvalue weighted by atomic mass is 10.1. The van der Waals surface area contributed by atoms with Gasteiger partial charge in [0.15, 0.2) is 17.6 Å². The van der Waals surface area contributed by atoms with Crippen LogP contribution in [0.2, 0.25) is 0 Å². The van der Waals surface area contributed by atoms with Crippen LogP contribution in [0.25, 0.3) is 0 Å². The Labute approximate surface area is 125 Å². The Morgan fingerprint density at radius 1 is 1.10 bits per heavy atom. The molecule has 0 saturated carbocycles.